The summed E-state index contributed by atoms with van der Waals surface area (Å²) >= 11 is 0. The molecule has 0 aromatic rings. The molecule has 0 amide bonds. The van der Waals surface area contributed by atoms with Crippen LogP contribution in [0.1, 0.15) is 110 Å². The monoisotopic (exact) mass is 296 g/mol. The second kappa shape index (κ2) is 13.6. The van der Waals surface area contributed by atoms with Crippen molar-refractivity contribution in [1.82, 2.24) is 0 Å². The maximum absolute atomic E-state index is 5.43. The summed E-state index contributed by atoms with van der Waals surface area (Å²) in [5.74, 6) is 0.859. The molecule has 126 valence electrons. The third-order valence-electron chi connectivity index (χ3n) is 5.09. The molecule has 1 rings (SSSR count). The van der Waals surface area contributed by atoms with Crippen molar-refractivity contribution in [2.75, 3.05) is 6.61 Å². The lowest BCUT2D eigenvalue weighted by Gasteiger charge is -2.11. The van der Waals surface area contributed by atoms with Crippen LogP contribution in [-0.2, 0) is 4.74 Å². The molecule has 1 aliphatic rings. The zero-order chi connectivity index (χ0) is 15.2. The normalized spacial score (nSPS) is 18.9. The molecule has 1 nitrogen and oxygen atoms in total. The molecule has 0 aliphatic carbocycles. The summed E-state index contributed by atoms with van der Waals surface area (Å²) in [5.41, 5.74) is 0. The second-order valence-corrected chi connectivity index (χ2v) is 7.07. The summed E-state index contributed by atoms with van der Waals surface area (Å²) in [7, 11) is 0. The number of hydrogen-bond donors (Lipinski definition) is 0. The Kier molecular flexibility index (Phi) is 12.3. The molecule has 0 spiro atoms. The van der Waals surface area contributed by atoms with Gasteiger partial charge in [0.05, 0.1) is 12.7 Å². The Bertz CT molecular complexity index is 210. The Morgan fingerprint density at radius 1 is 0.714 bits per heavy atom. The minimum atomic E-state index is 0.632. The van der Waals surface area contributed by atoms with Gasteiger partial charge in [-0.1, -0.05) is 104 Å². The van der Waals surface area contributed by atoms with E-state index in [1.807, 2.05) is 0 Å². The van der Waals surface area contributed by atoms with E-state index in [9.17, 15) is 0 Å². The molecule has 1 fully saturated rings. The van der Waals surface area contributed by atoms with Gasteiger partial charge in [-0.2, -0.15) is 0 Å². The summed E-state index contributed by atoms with van der Waals surface area (Å²) in [6.07, 6.45) is 22.2. The summed E-state index contributed by atoms with van der Waals surface area (Å²) in [4.78, 5) is 0. The second-order valence-electron chi connectivity index (χ2n) is 7.07. The van der Waals surface area contributed by atoms with Crippen LogP contribution in [0.25, 0.3) is 0 Å². The topological polar surface area (TPSA) is 12.5 Å². The van der Waals surface area contributed by atoms with Crippen LogP contribution in [-0.4, -0.2) is 12.7 Å². The fraction of sp³-hybridized carbons (Fsp3) is 1.00. The minimum absolute atomic E-state index is 0.632. The van der Waals surface area contributed by atoms with Gasteiger partial charge >= 0.3 is 0 Å². The molecule has 2 unspecified atom stereocenters. The van der Waals surface area contributed by atoms with Crippen molar-refractivity contribution in [2.24, 2.45) is 5.92 Å². The smallest absolute Gasteiger partial charge is 0.0837 e. The molecule has 1 heteroatoms. The van der Waals surface area contributed by atoms with Crippen LogP contribution in [0.4, 0.5) is 0 Å². The molecule has 1 saturated heterocycles. The first-order valence-electron chi connectivity index (χ1n) is 10.00. The fourth-order valence-electron chi connectivity index (χ4n) is 3.40. The molecule has 1 aliphatic heterocycles. The van der Waals surface area contributed by atoms with Gasteiger partial charge in [-0.25, -0.2) is 0 Å². The van der Waals surface area contributed by atoms with Crippen molar-refractivity contribution in [1.29, 1.82) is 0 Å². The summed E-state index contributed by atoms with van der Waals surface area (Å²) < 4.78 is 5.43. The molecular weight excluding hydrogens is 256 g/mol. The molecule has 0 saturated carbocycles. The van der Waals surface area contributed by atoms with Crippen LogP contribution in [0.2, 0.25) is 0 Å². The van der Waals surface area contributed by atoms with Crippen molar-refractivity contribution in [3.8, 4) is 0 Å². The quantitative estimate of drug-likeness (QED) is 0.223. The van der Waals surface area contributed by atoms with Gasteiger partial charge in [0.15, 0.2) is 0 Å². The lowest BCUT2D eigenvalue weighted by atomic mass is 9.95. The van der Waals surface area contributed by atoms with E-state index in [2.05, 4.69) is 13.8 Å². The molecule has 0 N–H and O–H groups in total. The zero-order valence-electron chi connectivity index (χ0n) is 14.9. The molecule has 0 radical (unpaired) electrons. The zero-order valence-corrected chi connectivity index (χ0v) is 14.9. The maximum atomic E-state index is 5.43. The van der Waals surface area contributed by atoms with Crippen molar-refractivity contribution >= 4 is 0 Å². The third-order valence-corrected chi connectivity index (χ3v) is 5.09. The minimum Gasteiger partial charge on any atom is -0.373 e. The van der Waals surface area contributed by atoms with Crippen LogP contribution in [0.5, 0.6) is 0 Å². The average Bonchev–Trinajstić information content (AvgIpc) is 3.32. The average molecular weight is 297 g/mol. The van der Waals surface area contributed by atoms with E-state index in [1.165, 1.54) is 96.3 Å². The van der Waals surface area contributed by atoms with Gasteiger partial charge in [-0.05, 0) is 12.3 Å². The standard InChI is InChI=1S/C20H40O/c1-3-5-6-7-8-9-10-11-12-13-14-15-16-17-19(4-2)20-18-21-20/h19-20H,3-18H2,1-2H3. The molecule has 0 aromatic heterocycles. The van der Waals surface area contributed by atoms with E-state index in [0.29, 0.717) is 6.10 Å². The van der Waals surface area contributed by atoms with E-state index >= 15 is 0 Å². The van der Waals surface area contributed by atoms with Crippen LogP contribution in [0.3, 0.4) is 0 Å². The van der Waals surface area contributed by atoms with Crippen LogP contribution >= 0.6 is 0 Å². The molecule has 0 aromatic carbocycles. The Morgan fingerprint density at radius 3 is 1.52 bits per heavy atom. The summed E-state index contributed by atoms with van der Waals surface area (Å²) in [6.45, 7) is 5.65. The fourth-order valence-corrected chi connectivity index (χ4v) is 3.40. The predicted molar refractivity (Wildman–Crippen MR) is 93.8 cm³/mol. The van der Waals surface area contributed by atoms with E-state index in [1.54, 1.807) is 0 Å². The molecule has 2 atom stereocenters. The lowest BCUT2D eigenvalue weighted by Crippen LogP contribution is -2.06. The summed E-state index contributed by atoms with van der Waals surface area (Å²) in [6, 6.07) is 0. The van der Waals surface area contributed by atoms with Crippen LogP contribution < -0.4 is 0 Å². The van der Waals surface area contributed by atoms with Gasteiger partial charge in [-0.3, -0.25) is 0 Å². The van der Waals surface area contributed by atoms with Crippen LogP contribution in [0, 0.1) is 5.92 Å². The first-order valence-corrected chi connectivity index (χ1v) is 10.00. The summed E-state index contributed by atoms with van der Waals surface area (Å²) in [5, 5.41) is 0. The first-order chi connectivity index (χ1) is 10.4. The van der Waals surface area contributed by atoms with Gasteiger partial charge in [-0.15, -0.1) is 0 Å². The maximum Gasteiger partial charge on any atom is 0.0837 e. The van der Waals surface area contributed by atoms with Gasteiger partial charge < -0.3 is 4.74 Å². The number of epoxide rings is 1. The number of hydrogen-bond acceptors (Lipinski definition) is 1. The Morgan fingerprint density at radius 2 is 1.14 bits per heavy atom. The van der Waals surface area contributed by atoms with Gasteiger partial charge in [0.25, 0.3) is 0 Å². The molecule has 0 bridgehead atoms. The van der Waals surface area contributed by atoms with Crippen molar-refractivity contribution < 1.29 is 4.74 Å². The number of unbranched alkanes of at least 4 members (excludes halogenated alkanes) is 12. The van der Waals surface area contributed by atoms with Crippen LogP contribution in [0.15, 0.2) is 0 Å². The number of rotatable bonds is 16. The Labute approximate surface area is 134 Å². The molecular formula is C20H40O. The highest BCUT2D eigenvalue weighted by molar-refractivity contribution is 4.77. The number of ether oxygens (including phenoxy) is 1. The largest absolute Gasteiger partial charge is 0.373 e. The molecule has 21 heavy (non-hydrogen) atoms. The van der Waals surface area contributed by atoms with Crippen molar-refractivity contribution in [3.05, 3.63) is 0 Å². The van der Waals surface area contributed by atoms with Gasteiger partial charge in [0.1, 0.15) is 0 Å². The van der Waals surface area contributed by atoms with E-state index in [-0.39, 0.29) is 0 Å². The van der Waals surface area contributed by atoms with Crippen molar-refractivity contribution in [2.45, 2.75) is 116 Å². The lowest BCUT2D eigenvalue weighted by molar-refractivity contribution is 0.302. The van der Waals surface area contributed by atoms with E-state index in [4.69, 9.17) is 4.74 Å². The van der Waals surface area contributed by atoms with E-state index in [0.717, 1.165) is 12.5 Å². The van der Waals surface area contributed by atoms with Gasteiger partial charge in [0.2, 0.25) is 0 Å². The highest BCUT2D eigenvalue weighted by atomic mass is 16.6. The third kappa shape index (κ3) is 11.2. The first kappa shape index (κ1) is 19.0. The Hall–Kier alpha value is -0.0400. The highest BCUT2D eigenvalue weighted by Crippen LogP contribution is 2.27. The SMILES string of the molecule is CCCCCCCCCCCCCCCC(CC)C1CO1. The molecule has 1 heterocycles. The Balaban J connectivity index is 1.70. The highest BCUT2D eigenvalue weighted by Gasteiger charge is 2.30. The van der Waals surface area contributed by atoms with E-state index < -0.39 is 0 Å². The van der Waals surface area contributed by atoms with Gasteiger partial charge in [0, 0.05) is 0 Å². The predicted octanol–water partition coefficient (Wildman–Crippen LogP) is 6.89. The van der Waals surface area contributed by atoms with Crippen molar-refractivity contribution in [3.63, 3.8) is 0 Å².